The number of nitrogens with zero attached hydrogens (tertiary/aromatic N) is 1. The number of hydrogen-bond donors (Lipinski definition) is 1. The molecule has 3 atom stereocenters. The minimum Gasteiger partial charge on any atom is -0.459 e. The number of dihydropyridines is 1. The number of allylic oxidation sites excluding steroid dienone is 3. The lowest BCUT2D eigenvalue weighted by Gasteiger charge is -2.36. The van der Waals surface area contributed by atoms with Crippen LogP contribution in [0.3, 0.4) is 0 Å². The van der Waals surface area contributed by atoms with Crippen molar-refractivity contribution in [3.05, 3.63) is 74.8 Å². The lowest BCUT2D eigenvalue weighted by Crippen LogP contribution is -2.36. The normalized spacial score (nSPS) is 24.3. The van der Waals surface area contributed by atoms with Gasteiger partial charge in [-0.15, -0.1) is 11.3 Å². The standard InChI is InChI=1S/C28H32N2O4S/c1-17-25(28(32)34-16-21-6-4-12-33-21)27(24-7-5-13-35-24)26-22(29-17)14-19(15-23(26)31)18-8-10-20(11-9-18)30(2)3/h5,7-11,13,19,21,27,29H,4,6,12,14-16H2,1-3H3/t19-,21-,27+/m0/s1. The molecule has 0 unspecified atom stereocenters. The number of carbonyl (C=O) groups is 2. The van der Waals surface area contributed by atoms with Crippen molar-refractivity contribution in [3.63, 3.8) is 0 Å². The molecule has 1 aromatic heterocycles. The van der Waals surface area contributed by atoms with E-state index >= 15 is 0 Å². The number of esters is 1. The molecule has 1 fully saturated rings. The molecule has 0 radical (unpaired) electrons. The summed E-state index contributed by atoms with van der Waals surface area (Å²) < 4.78 is 11.3. The van der Waals surface area contributed by atoms with Crippen LogP contribution >= 0.6 is 11.3 Å². The summed E-state index contributed by atoms with van der Waals surface area (Å²) >= 11 is 1.57. The summed E-state index contributed by atoms with van der Waals surface area (Å²) in [6, 6.07) is 12.4. The summed E-state index contributed by atoms with van der Waals surface area (Å²) in [5.74, 6) is -0.567. The van der Waals surface area contributed by atoms with Gasteiger partial charge in [-0.3, -0.25) is 4.79 Å². The number of hydrogen-bond acceptors (Lipinski definition) is 7. The molecule has 5 rings (SSSR count). The van der Waals surface area contributed by atoms with E-state index in [2.05, 4.69) is 34.5 Å². The Morgan fingerprint density at radius 3 is 2.66 bits per heavy atom. The van der Waals surface area contributed by atoms with Gasteiger partial charge in [0.25, 0.3) is 0 Å². The van der Waals surface area contributed by atoms with Crippen LogP contribution in [-0.2, 0) is 19.1 Å². The molecule has 0 bridgehead atoms. The highest BCUT2D eigenvalue weighted by Gasteiger charge is 2.42. The Morgan fingerprint density at radius 2 is 2.00 bits per heavy atom. The van der Waals surface area contributed by atoms with Crippen molar-refractivity contribution in [1.82, 2.24) is 5.32 Å². The summed E-state index contributed by atoms with van der Waals surface area (Å²) in [6.45, 7) is 2.87. The predicted molar refractivity (Wildman–Crippen MR) is 138 cm³/mol. The zero-order valence-electron chi connectivity index (χ0n) is 20.5. The molecule has 7 heteroatoms. The minimum absolute atomic E-state index is 0.0395. The molecule has 35 heavy (non-hydrogen) atoms. The van der Waals surface area contributed by atoms with Crippen LogP contribution in [0.25, 0.3) is 0 Å². The number of Topliss-reactive ketones (excluding diaryl/α,β-unsaturated/α-hetero) is 1. The highest BCUT2D eigenvalue weighted by molar-refractivity contribution is 7.10. The van der Waals surface area contributed by atoms with Crippen molar-refractivity contribution in [2.75, 3.05) is 32.2 Å². The molecular weight excluding hydrogens is 460 g/mol. The molecule has 0 amide bonds. The van der Waals surface area contributed by atoms with E-state index in [1.807, 2.05) is 38.5 Å². The van der Waals surface area contributed by atoms with Gasteiger partial charge in [-0.05, 0) is 61.2 Å². The zero-order chi connectivity index (χ0) is 24.5. The number of thiophene rings is 1. The summed E-state index contributed by atoms with van der Waals surface area (Å²) in [5.41, 5.74) is 5.22. The molecule has 3 aliphatic rings. The van der Waals surface area contributed by atoms with E-state index in [-0.39, 0.29) is 30.4 Å². The molecule has 1 aromatic carbocycles. The summed E-state index contributed by atoms with van der Waals surface area (Å²) in [4.78, 5) is 30.0. The maximum atomic E-state index is 13.6. The van der Waals surface area contributed by atoms with E-state index in [1.54, 1.807) is 11.3 Å². The molecule has 3 heterocycles. The molecule has 1 aliphatic carbocycles. The number of ketones is 1. The first-order valence-corrected chi connectivity index (χ1v) is 13.1. The molecule has 2 aromatic rings. The molecule has 2 aliphatic heterocycles. The van der Waals surface area contributed by atoms with Crippen LogP contribution in [-0.4, -0.2) is 45.2 Å². The van der Waals surface area contributed by atoms with Crippen molar-refractivity contribution in [3.8, 4) is 0 Å². The Hall–Kier alpha value is -2.90. The second-order valence-corrected chi connectivity index (χ2v) is 10.7. The number of rotatable bonds is 6. The van der Waals surface area contributed by atoms with Crippen LogP contribution in [0.2, 0.25) is 0 Å². The monoisotopic (exact) mass is 492 g/mol. The van der Waals surface area contributed by atoms with Crippen molar-refractivity contribution in [2.45, 2.75) is 50.5 Å². The molecule has 184 valence electrons. The van der Waals surface area contributed by atoms with Crippen LogP contribution in [0.5, 0.6) is 0 Å². The Morgan fingerprint density at radius 1 is 1.20 bits per heavy atom. The largest absolute Gasteiger partial charge is 0.459 e. The smallest absolute Gasteiger partial charge is 0.336 e. The number of nitrogens with one attached hydrogen (secondary N) is 1. The summed E-state index contributed by atoms with van der Waals surface area (Å²) in [5, 5.41) is 5.42. The average molecular weight is 493 g/mol. The van der Waals surface area contributed by atoms with Crippen LogP contribution in [0.1, 0.15) is 54.9 Å². The van der Waals surface area contributed by atoms with Gasteiger partial charge < -0.3 is 19.7 Å². The fraction of sp³-hybridized carbons (Fsp3) is 0.429. The van der Waals surface area contributed by atoms with E-state index in [9.17, 15) is 9.59 Å². The van der Waals surface area contributed by atoms with Crippen molar-refractivity contribution in [2.24, 2.45) is 0 Å². The van der Waals surface area contributed by atoms with E-state index in [4.69, 9.17) is 9.47 Å². The highest BCUT2D eigenvalue weighted by atomic mass is 32.1. The van der Waals surface area contributed by atoms with Gasteiger partial charge in [0.1, 0.15) is 6.61 Å². The summed E-state index contributed by atoms with van der Waals surface area (Å²) in [6.07, 6.45) is 3.03. The predicted octanol–water partition coefficient (Wildman–Crippen LogP) is 4.90. The van der Waals surface area contributed by atoms with Crippen molar-refractivity contribution < 1.29 is 19.1 Å². The first-order chi connectivity index (χ1) is 16.9. The van der Waals surface area contributed by atoms with Gasteiger partial charge in [0, 0.05) is 54.7 Å². The van der Waals surface area contributed by atoms with Crippen LogP contribution in [0, 0.1) is 0 Å². The highest BCUT2D eigenvalue weighted by Crippen LogP contribution is 2.46. The maximum absolute atomic E-state index is 13.6. The number of anilines is 1. The molecule has 6 nitrogen and oxygen atoms in total. The number of ether oxygens (including phenoxy) is 2. The van der Waals surface area contributed by atoms with Gasteiger partial charge in [-0.1, -0.05) is 18.2 Å². The lowest BCUT2D eigenvalue weighted by atomic mass is 9.73. The van der Waals surface area contributed by atoms with Gasteiger partial charge >= 0.3 is 5.97 Å². The first-order valence-electron chi connectivity index (χ1n) is 12.3. The topological polar surface area (TPSA) is 67.9 Å². The molecule has 0 spiro atoms. The SMILES string of the molecule is CC1=C(C(=O)OC[C@@H]2CCCO2)[C@@H](c2cccs2)C2=C(C[C@H](c3ccc(N(C)C)cc3)CC2=O)N1. The third-order valence-corrected chi connectivity index (χ3v) is 8.12. The minimum atomic E-state index is -0.396. The summed E-state index contributed by atoms with van der Waals surface area (Å²) in [7, 11) is 4.04. The Bertz CT molecular complexity index is 1160. The van der Waals surface area contributed by atoms with E-state index in [1.165, 1.54) is 0 Å². The van der Waals surface area contributed by atoms with Gasteiger partial charge in [0.2, 0.25) is 0 Å². The fourth-order valence-corrected chi connectivity index (χ4v) is 6.20. The zero-order valence-corrected chi connectivity index (χ0v) is 21.3. The molecule has 1 N–H and O–H groups in total. The van der Waals surface area contributed by atoms with E-state index in [0.717, 1.165) is 46.8 Å². The second-order valence-electron chi connectivity index (χ2n) is 9.75. The number of benzene rings is 1. The van der Waals surface area contributed by atoms with Gasteiger partial charge in [-0.2, -0.15) is 0 Å². The fourth-order valence-electron chi connectivity index (χ4n) is 5.35. The van der Waals surface area contributed by atoms with Crippen LogP contribution < -0.4 is 10.2 Å². The third kappa shape index (κ3) is 4.80. The van der Waals surface area contributed by atoms with E-state index in [0.29, 0.717) is 24.2 Å². The van der Waals surface area contributed by atoms with E-state index < -0.39 is 5.92 Å². The molecule has 0 saturated carbocycles. The Labute approximate surface area is 210 Å². The van der Waals surface area contributed by atoms with Gasteiger partial charge in [-0.25, -0.2) is 4.79 Å². The first kappa shape index (κ1) is 23.8. The Balaban J connectivity index is 1.43. The average Bonchev–Trinajstić information content (AvgIpc) is 3.56. The van der Waals surface area contributed by atoms with Gasteiger partial charge in [0.05, 0.1) is 17.6 Å². The maximum Gasteiger partial charge on any atom is 0.336 e. The molecular formula is C28H32N2O4S. The quantitative estimate of drug-likeness (QED) is 0.579. The van der Waals surface area contributed by atoms with Crippen molar-refractivity contribution >= 4 is 28.8 Å². The van der Waals surface area contributed by atoms with Gasteiger partial charge in [0.15, 0.2) is 5.78 Å². The lowest BCUT2D eigenvalue weighted by molar-refractivity contribution is -0.142. The third-order valence-electron chi connectivity index (χ3n) is 7.18. The van der Waals surface area contributed by atoms with Crippen molar-refractivity contribution in [1.29, 1.82) is 0 Å². The van der Waals surface area contributed by atoms with Crippen LogP contribution in [0.4, 0.5) is 5.69 Å². The number of carbonyl (C=O) groups excluding carboxylic acids is 2. The second kappa shape index (κ2) is 9.99. The Kier molecular flexibility index (Phi) is 6.80. The molecule has 1 saturated heterocycles. The van der Waals surface area contributed by atoms with Crippen LogP contribution in [0.15, 0.2) is 64.3 Å².